The number of primary amides is 1. The van der Waals surface area contributed by atoms with Gasteiger partial charge >= 0.3 is 12.6 Å². The van der Waals surface area contributed by atoms with Gasteiger partial charge in [0.2, 0.25) is 0 Å². The second-order valence-corrected chi connectivity index (χ2v) is 10.3. The van der Waals surface area contributed by atoms with E-state index in [1.54, 1.807) is 0 Å². The molecule has 1 aliphatic carbocycles. The topological polar surface area (TPSA) is 152 Å². The van der Waals surface area contributed by atoms with E-state index in [0.29, 0.717) is 12.8 Å². The number of nitrogens with two attached hydrogens (primary N) is 1. The number of amides is 3. The molecule has 1 unspecified atom stereocenters. The summed E-state index contributed by atoms with van der Waals surface area (Å²) in [4.78, 5) is 26.0. The summed E-state index contributed by atoms with van der Waals surface area (Å²) < 4.78 is 61.0. The molecule has 3 amide bonds. The van der Waals surface area contributed by atoms with E-state index < -0.39 is 51.0 Å². The number of morpholine rings is 1. The lowest BCUT2D eigenvalue weighted by atomic mass is 9.96. The van der Waals surface area contributed by atoms with Crippen molar-refractivity contribution in [3.05, 3.63) is 29.8 Å². The second-order valence-electron chi connectivity index (χ2n) is 8.08. The summed E-state index contributed by atoms with van der Waals surface area (Å²) in [6, 6.07) is 6.73. The first kappa shape index (κ1) is 24.7. The third kappa shape index (κ3) is 6.08. The summed E-state index contributed by atoms with van der Waals surface area (Å²) in [6.45, 7) is -3.33. The van der Waals surface area contributed by atoms with Crippen LogP contribution in [0, 0.1) is 11.3 Å². The molecule has 0 bridgehead atoms. The molecule has 13 heteroatoms. The van der Waals surface area contributed by atoms with Crippen LogP contribution in [0.4, 0.5) is 13.6 Å². The van der Waals surface area contributed by atoms with Gasteiger partial charge in [-0.15, -0.1) is 0 Å². The van der Waals surface area contributed by atoms with Gasteiger partial charge in [-0.25, -0.2) is 13.2 Å². The van der Waals surface area contributed by atoms with Crippen LogP contribution in [0.3, 0.4) is 0 Å². The van der Waals surface area contributed by atoms with Gasteiger partial charge in [0, 0.05) is 18.5 Å². The molecule has 3 N–H and O–H groups in total. The van der Waals surface area contributed by atoms with Gasteiger partial charge in [-0.05, 0) is 18.9 Å². The average Bonchev–Trinajstić information content (AvgIpc) is 3.53. The SMILES string of the molecule is N#CC1(NC(=O)C2(CCS(=O)(=O)Cc3ccccc3OC(F)F)CN(C(N)=O)CCO2)CC1. The zero-order chi connectivity index (χ0) is 24.3. The van der Waals surface area contributed by atoms with Crippen molar-refractivity contribution in [3.63, 3.8) is 0 Å². The standard InChI is InChI=1S/C20H24F2N4O6S/c21-17(22)32-15-4-2-1-3-14(15)11-33(29,30)10-7-20(13-26(18(24)28)8-9-31-20)16(27)25-19(12-23)5-6-19/h1-4,17H,5-11,13H2,(H2,24,28)(H,25,27). The van der Waals surface area contributed by atoms with Gasteiger partial charge in [0.15, 0.2) is 15.4 Å². The largest absolute Gasteiger partial charge is 0.435 e. The molecular formula is C20H24F2N4O6S. The van der Waals surface area contributed by atoms with Crippen molar-refractivity contribution in [3.8, 4) is 11.8 Å². The van der Waals surface area contributed by atoms with Gasteiger partial charge in [-0.1, -0.05) is 18.2 Å². The van der Waals surface area contributed by atoms with E-state index in [4.69, 9.17) is 10.5 Å². The lowest BCUT2D eigenvalue weighted by Gasteiger charge is -2.41. The normalized spacial score (nSPS) is 21.8. The van der Waals surface area contributed by atoms with Crippen LogP contribution in [-0.4, -0.2) is 68.5 Å². The van der Waals surface area contributed by atoms with Crippen molar-refractivity contribution in [1.29, 1.82) is 5.26 Å². The molecule has 1 saturated carbocycles. The minimum atomic E-state index is -3.92. The fraction of sp³-hybridized carbons (Fsp3) is 0.550. The van der Waals surface area contributed by atoms with Crippen LogP contribution in [0.1, 0.15) is 24.8 Å². The fourth-order valence-corrected chi connectivity index (χ4v) is 5.06. The lowest BCUT2D eigenvalue weighted by molar-refractivity contribution is -0.158. The van der Waals surface area contributed by atoms with Gasteiger partial charge in [-0.2, -0.15) is 14.0 Å². The summed E-state index contributed by atoms with van der Waals surface area (Å²) in [5.74, 6) is -2.11. The van der Waals surface area contributed by atoms with Crippen LogP contribution in [0.5, 0.6) is 5.75 Å². The molecule has 33 heavy (non-hydrogen) atoms. The molecule has 2 aliphatic rings. The van der Waals surface area contributed by atoms with E-state index in [2.05, 4.69) is 10.1 Å². The Labute approximate surface area is 189 Å². The summed E-state index contributed by atoms with van der Waals surface area (Å²) >= 11 is 0. The van der Waals surface area contributed by atoms with E-state index >= 15 is 0 Å². The maximum atomic E-state index is 13.1. The van der Waals surface area contributed by atoms with Gasteiger partial charge in [0.05, 0.1) is 30.7 Å². The summed E-state index contributed by atoms with van der Waals surface area (Å²) in [6.07, 6.45) is 0.568. The average molecular weight is 486 g/mol. The van der Waals surface area contributed by atoms with Crippen LogP contribution in [0.15, 0.2) is 24.3 Å². The van der Waals surface area contributed by atoms with E-state index in [9.17, 15) is 32.0 Å². The van der Waals surface area contributed by atoms with E-state index in [0.717, 1.165) is 0 Å². The number of para-hydroxylation sites is 1. The fourth-order valence-electron chi connectivity index (χ4n) is 3.56. The van der Waals surface area contributed by atoms with Crippen molar-refractivity contribution in [1.82, 2.24) is 10.2 Å². The maximum Gasteiger partial charge on any atom is 0.387 e. The zero-order valence-corrected chi connectivity index (χ0v) is 18.4. The van der Waals surface area contributed by atoms with Crippen LogP contribution >= 0.6 is 0 Å². The number of benzene rings is 1. The number of urea groups is 1. The number of nitriles is 1. The van der Waals surface area contributed by atoms with E-state index in [1.807, 2.05) is 6.07 Å². The Kier molecular flexibility index (Phi) is 7.08. The molecular weight excluding hydrogens is 462 g/mol. The summed E-state index contributed by atoms with van der Waals surface area (Å²) in [5.41, 5.74) is 2.63. The minimum absolute atomic E-state index is 0.0426. The molecule has 1 aromatic carbocycles. The predicted molar refractivity (Wildman–Crippen MR) is 111 cm³/mol. The molecule has 10 nitrogen and oxygen atoms in total. The molecule has 3 rings (SSSR count). The number of alkyl halides is 2. The number of sulfone groups is 1. The molecule has 1 aromatic rings. The number of carbonyl (C=O) groups excluding carboxylic acids is 2. The monoisotopic (exact) mass is 486 g/mol. The van der Waals surface area contributed by atoms with Crippen LogP contribution in [-0.2, 0) is 25.1 Å². The van der Waals surface area contributed by atoms with Crippen LogP contribution in [0.25, 0.3) is 0 Å². The number of nitrogens with zero attached hydrogens (tertiary/aromatic N) is 2. The van der Waals surface area contributed by atoms with Crippen molar-refractivity contribution in [2.24, 2.45) is 5.73 Å². The third-order valence-electron chi connectivity index (χ3n) is 5.61. The summed E-state index contributed by atoms with van der Waals surface area (Å²) in [7, 11) is -3.92. The first-order valence-electron chi connectivity index (χ1n) is 10.2. The molecule has 1 atom stereocenters. The number of carbonyl (C=O) groups is 2. The highest BCUT2D eigenvalue weighted by Gasteiger charge is 2.51. The van der Waals surface area contributed by atoms with Crippen molar-refractivity contribution < 1.29 is 36.3 Å². The third-order valence-corrected chi connectivity index (χ3v) is 7.19. The number of hydrogen-bond acceptors (Lipinski definition) is 7. The number of hydrogen-bond donors (Lipinski definition) is 2. The number of ether oxygens (including phenoxy) is 2. The number of rotatable bonds is 9. The van der Waals surface area contributed by atoms with E-state index in [-0.39, 0.29) is 37.4 Å². The Morgan fingerprint density at radius 3 is 2.64 bits per heavy atom. The Morgan fingerprint density at radius 2 is 2.03 bits per heavy atom. The number of nitrogens with one attached hydrogen (secondary N) is 1. The van der Waals surface area contributed by atoms with Gasteiger partial charge < -0.3 is 25.4 Å². The predicted octanol–water partition coefficient (Wildman–Crippen LogP) is 0.915. The smallest absolute Gasteiger partial charge is 0.387 e. The minimum Gasteiger partial charge on any atom is -0.435 e. The second kappa shape index (κ2) is 9.48. The molecule has 180 valence electrons. The Morgan fingerprint density at radius 1 is 1.33 bits per heavy atom. The van der Waals surface area contributed by atoms with Gasteiger partial charge in [-0.3, -0.25) is 4.79 Å². The maximum absolute atomic E-state index is 13.1. The number of halogens is 2. The quantitative estimate of drug-likeness (QED) is 0.526. The highest BCUT2D eigenvalue weighted by atomic mass is 32.2. The van der Waals surface area contributed by atoms with Crippen molar-refractivity contribution in [2.45, 2.75) is 42.8 Å². The molecule has 1 aliphatic heterocycles. The Balaban J connectivity index is 1.78. The lowest BCUT2D eigenvalue weighted by Crippen LogP contribution is -2.63. The molecule has 2 fully saturated rings. The van der Waals surface area contributed by atoms with Crippen LogP contribution < -0.4 is 15.8 Å². The van der Waals surface area contributed by atoms with Crippen molar-refractivity contribution in [2.75, 3.05) is 25.4 Å². The Bertz CT molecular complexity index is 1060. The molecule has 1 saturated heterocycles. The first-order valence-corrected chi connectivity index (χ1v) is 12.0. The highest BCUT2D eigenvalue weighted by Crippen LogP contribution is 2.36. The van der Waals surface area contributed by atoms with Gasteiger partial charge in [0.25, 0.3) is 5.91 Å². The molecule has 0 aromatic heterocycles. The molecule has 0 radical (unpaired) electrons. The highest BCUT2D eigenvalue weighted by molar-refractivity contribution is 7.90. The van der Waals surface area contributed by atoms with Crippen LogP contribution in [0.2, 0.25) is 0 Å². The van der Waals surface area contributed by atoms with Crippen molar-refractivity contribution >= 4 is 21.8 Å². The zero-order valence-electron chi connectivity index (χ0n) is 17.6. The first-order chi connectivity index (χ1) is 15.5. The Hall–Kier alpha value is -2.98. The molecule has 1 heterocycles. The molecule has 0 spiro atoms. The van der Waals surface area contributed by atoms with E-state index in [1.165, 1.54) is 29.2 Å². The summed E-state index contributed by atoms with van der Waals surface area (Å²) in [5, 5.41) is 11.9. The van der Waals surface area contributed by atoms with Gasteiger partial charge in [0.1, 0.15) is 11.3 Å².